The molecule has 0 saturated heterocycles. The van der Waals surface area contributed by atoms with Gasteiger partial charge in [-0.25, -0.2) is 0 Å². The first-order valence-corrected chi connectivity index (χ1v) is 6.80. The first-order chi connectivity index (χ1) is 7.93. The summed E-state index contributed by atoms with van der Waals surface area (Å²) < 4.78 is 0. The van der Waals surface area contributed by atoms with Crippen molar-refractivity contribution in [2.45, 2.75) is 65.0 Å². The van der Waals surface area contributed by atoms with Crippen LogP contribution in [0.25, 0.3) is 0 Å². The molecule has 0 bridgehead atoms. The molecule has 0 aliphatic carbocycles. The average molecular weight is 231 g/mol. The molecule has 0 radical (unpaired) electrons. The summed E-state index contributed by atoms with van der Waals surface area (Å²) in [5.41, 5.74) is 4.73. The van der Waals surface area contributed by atoms with E-state index in [0.29, 0.717) is 12.0 Å². The lowest BCUT2D eigenvalue weighted by atomic mass is 9.80. The van der Waals surface area contributed by atoms with Crippen molar-refractivity contribution in [3.05, 3.63) is 34.9 Å². The average Bonchev–Trinajstić information content (AvgIpc) is 2.28. The smallest absolute Gasteiger partial charge is 0.0211 e. The van der Waals surface area contributed by atoms with Crippen LogP contribution in [0.5, 0.6) is 0 Å². The van der Waals surface area contributed by atoms with Gasteiger partial charge in [-0.2, -0.15) is 0 Å². The van der Waals surface area contributed by atoms with E-state index in [1.807, 2.05) is 0 Å². The molecule has 1 aromatic carbocycles. The number of rotatable bonds is 1. The minimum absolute atomic E-state index is 0.250. The zero-order valence-corrected chi connectivity index (χ0v) is 11.8. The van der Waals surface area contributed by atoms with Gasteiger partial charge in [-0.05, 0) is 34.4 Å². The Hall–Kier alpha value is -0.820. The maximum absolute atomic E-state index is 3.65. The summed E-state index contributed by atoms with van der Waals surface area (Å²) in [7, 11) is 0. The van der Waals surface area contributed by atoms with Gasteiger partial charge in [-0.1, -0.05) is 52.8 Å². The van der Waals surface area contributed by atoms with Crippen LogP contribution in [0.1, 0.15) is 63.6 Å². The minimum Gasteiger partial charge on any atom is -0.309 e. The zero-order valence-electron chi connectivity index (χ0n) is 11.8. The number of fused-ring (bicyclic) bond motifs is 1. The number of hydrogen-bond acceptors (Lipinski definition) is 1. The number of benzene rings is 1. The summed E-state index contributed by atoms with van der Waals surface area (Å²) in [6, 6.07) is 7.70. The summed E-state index contributed by atoms with van der Waals surface area (Å²) in [5.74, 6) is 0.637. The van der Waals surface area contributed by atoms with E-state index in [0.717, 1.165) is 6.54 Å². The maximum Gasteiger partial charge on any atom is 0.0211 e. The van der Waals surface area contributed by atoms with E-state index in [-0.39, 0.29) is 5.41 Å². The Kier molecular flexibility index (Phi) is 3.31. The van der Waals surface area contributed by atoms with Crippen molar-refractivity contribution in [1.82, 2.24) is 5.32 Å². The predicted molar refractivity (Wildman–Crippen MR) is 74.5 cm³/mol. The van der Waals surface area contributed by atoms with Crippen LogP contribution >= 0.6 is 0 Å². The quantitative estimate of drug-likeness (QED) is 0.771. The molecule has 1 heterocycles. The molecule has 1 heteroatoms. The molecular weight excluding hydrogens is 206 g/mol. The van der Waals surface area contributed by atoms with Gasteiger partial charge < -0.3 is 5.32 Å². The van der Waals surface area contributed by atoms with E-state index in [4.69, 9.17) is 0 Å². The molecule has 94 valence electrons. The van der Waals surface area contributed by atoms with E-state index in [9.17, 15) is 0 Å². The predicted octanol–water partition coefficient (Wildman–Crippen LogP) is 3.97. The van der Waals surface area contributed by atoms with Gasteiger partial charge in [0.05, 0.1) is 0 Å². The molecule has 0 saturated carbocycles. The van der Waals surface area contributed by atoms with E-state index in [1.54, 1.807) is 5.56 Å². The lowest BCUT2D eigenvalue weighted by Gasteiger charge is -2.33. The van der Waals surface area contributed by atoms with Gasteiger partial charge in [-0.15, -0.1) is 0 Å². The van der Waals surface area contributed by atoms with Crippen LogP contribution in [0.15, 0.2) is 18.2 Å². The maximum atomic E-state index is 3.65. The Labute approximate surface area is 106 Å². The third kappa shape index (κ3) is 2.40. The van der Waals surface area contributed by atoms with Crippen LogP contribution < -0.4 is 5.32 Å². The Morgan fingerprint density at radius 2 is 2.00 bits per heavy atom. The topological polar surface area (TPSA) is 12.0 Å². The Balaban J connectivity index is 2.36. The third-order valence-electron chi connectivity index (χ3n) is 4.10. The van der Waals surface area contributed by atoms with Gasteiger partial charge in [0.15, 0.2) is 0 Å². The standard InChI is InChI=1S/C16H25N/c1-6-15-11(2)14-8-7-13(16(3,4)5)9-12(14)10-17-15/h7-9,11,15,17H,6,10H2,1-5H3. The van der Waals surface area contributed by atoms with Gasteiger partial charge in [0.25, 0.3) is 0 Å². The molecule has 17 heavy (non-hydrogen) atoms. The molecule has 1 N–H and O–H groups in total. The van der Waals surface area contributed by atoms with Crippen molar-refractivity contribution in [3.63, 3.8) is 0 Å². The van der Waals surface area contributed by atoms with E-state index < -0.39 is 0 Å². The molecule has 2 atom stereocenters. The van der Waals surface area contributed by atoms with Crippen molar-refractivity contribution < 1.29 is 0 Å². The lowest BCUT2D eigenvalue weighted by Crippen LogP contribution is -2.37. The second-order valence-corrected chi connectivity index (χ2v) is 6.35. The second kappa shape index (κ2) is 4.45. The summed E-state index contributed by atoms with van der Waals surface area (Å²) in [5, 5.41) is 3.65. The molecule has 1 aliphatic rings. The highest BCUT2D eigenvalue weighted by Crippen LogP contribution is 2.32. The molecule has 0 fully saturated rings. The van der Waals surface area contributed by atoms with Gasteiger partial charge in [0.2, 0.25) is 0 Å². The van der Waals surface area contributed by atoms with Gasteiger partial charge in [0, 0.05) is 12.6 Å². The highest BCUT2D eigenvalue weighted by molar-refractivity contribution is 5.39. The fourth-order valence-electron chi connectivity index (χ4n) is 2.80. The second-order valence-electron chi connectivity index (χ2n) is 6.35. The third-order valence-corrected chi connectivity index (χ3v) is 4.10. The fraction of sp³-hybridized carbons (Fsp3) is 0.625. The Morgan fingerprint density at radius 3 is 2.59 bits per heavy atom. The minimum atomic E-state index is 0.250. The largest absolute Gasteiger partial charge is 0.309 e. The van der Waals surface area contributed by atoms with Crippen molar-refractivity contribution in [1.29, 1.82) is 0 Å². The van der Waals surface area contributed by atoms with Gasteiger partial charge in [0.1, 0.15) is 0 Å². The van der Waals surface area contributed by atoms with E-state index in [1.165, 1.54) is 17.5 Å². The molecule has 0 aromatic heterocycles. The lowest BCUT2D eigenvalue weighted by molar-refractivity contribution is 0.408. The molecule has 1 nitrogen and oxygen atoms in total. The summed E-state index contributed by atoms with van der Waals surface area (Å²) in [6.45, 7) is 12.5. The molecule has 0 spiro atoms. The fourth-order valence-corrected chi connectivity index (χ4v) is 2.80. The van der Waals surface area contributed by atoms with E-state index in [2.05, 4.69) is 58.1 Å². The first-order valence-electron chi connectivity index (χ1n) is 6.80. The Morgan fingerprint density at radius 1 is 1.29 bits per heavy atom. The molecule has 2 rings (SSSR count). The molecule has 1 aliphatic heterocycles. The monoisotopic (exact) mass is 231 g/mol. The molecule has 2 unspecified atom stereocenters. The number of hydrogen-bond donors (Lipinski definition) is 1. The van der Waals surface area contributed by atoms with Crippen molar-refractivity contribution in [2.24, 2.45) is 0 Å². The van der Waals surface area contributed by atoms with E-state index >= 15 is 0 Å². The van der Waals surface area contributed by atoms with Crippen LogP contribution in [0.2, 0.25) is 0 Å². The van der Waals surface area contributed by atoms with Crippen LogP contribution in [0.4, 0.5) is 0 Å². The zero-order chi connectivity index (χ0) is 12.6. The molecule has 0 amide bonds. The summed E-state index contributed by atoms with van der Waals surface area (Å²) in [6.07, 6.45) is 1.21. The first kappa shape index (κ1) is 12.6. The summed E-state index contributed by atoms with van der Waals surface area (Å²) >= 11 is 0. The van der Waals surface area contributed by atoms with Crippen LogP contribution in [-0.4, -0.2) is 6.04 Å². The Bertz CT molecular complexity index is 400. The molecular formula is C16H25N. The normalized spacial score (nSPS) is 24.5. The van der Waals surface area contributed by atoms with Crippen molar-refractivity contribution >= 4 is 0 Å². The highest BCUT2D eigenvalue weighted by Gasteiger charge is 2.25. The van der Waals surface area contributed by atoms with Gasteiger partial charge >= 0.3 is 0 Å². The van der Waals surface area contributed by atoms with Gasteiger partial charge in [-0.3, -0.25) is 0 Å². The van der Waals surface area contributed by atoms with Crippen LogP contribution in [0.3, 0.4) is 0 Å². The van der Waals surface area contributed by atoms with Crippen LogP contribution in [-0.2, 0) is 12.0 Å². The summed E-state index contributed by atoms with van der Waals surface area (Å²) in [4.78, 5) is 0. The van der Waals surface area contributed by atoms with Crippen LogP contribution in [0, 0.1) is 0 Å². The highest BCUT2D eigenvalue weighted by atomic mass is 14.9. The molecule has 1 aromatic rings. The SMILES string of the molecule is CCC1NCc2cc(C(C)(C)C)ccc2C1C. The van der Waals surface area contributed by atoms with Crippen molar-refractivity contribution in [2.75, 3.05) is 0 Å². The number of nitrogens with one attached hydrogen (secondary N) is 1. The van der Waals surface area contributed by atoms with Crippen molar-refractivity contribution in [3.8, 4) is 0 Å².